The fraction of sp³-hybridized carbons (Fsp3) is 0.391. The maximum absolute atomic E-state index is 15.0. The van der Waals surface area contributed by atoms with Gasteiger partial charge in [-0.1, -0.05) is 26.8 Å². The number of rotatable bonds is 7. The first-order chi connectivity index (χ1) is 14.8. The van der Waals surface area contributed by atoms with E-state index in [0.717, 1.165) is 5.69 Å². The van der Waals surface area contributed by atoms with Crippen LogP contribution >= 0.6 is 0 Å². The Kier molecular flexibility index (Phi) is 6.68. The zero-order valence-corrected chi connectivity index (χ0v) is 18.5. The average molecular weight is 426 g/mol. The molecule has 0 aliphatic heterocycles. The standard InChI is InChI=1S/C23H28FN5O2/c1-13(2)18-9-8-17(23(31)29(18)5)22(30)26-11-10-14(3)15-6-7-16-20(19(15)24)27-12-28-21(16)25-4/h6-9,12-14H,10-11H2,1-5H3,(H,26,30)(H,25,27,28). The first-order valence-corrected chi connectivity index (χ1v) is 10.3. The van der Waals surface area contributed by atoms with E-state index in [-0.39, 0.29) is 34.3 Å². The predicted octanol–water partition coefficient (Wildman–Crippen LogP) is 3.56. The highest BCUT2D eigenvalue weighted by Gasteiger charge is 2.18. The number of nitrogens with zero attached hydrogens (tertiary/aromatic N) is 3. The van der Waals surface area contributed by atoms with Crippen molar-refractivity contribution in [1.29, 1.82) is 0 Å². The van der Waals surface area contributed by atoms with E-state index in [0.29, 0.717) is 29.7 Å². The van der Waals surface area contributed by atoms with Gasteiger partial charge < -0.3 is 15.2 Å². The molecule has 164 valence electrons. The van der Waals surface area contributed by atoms with Crippen LogP contribution in [0.2, 0.25) is 0 Å². The first kappa shape index (κ1) is 22.4. The Morgan fingerprint density at radius 3 is 2.58 bits per heavy atom. The van der Waals surface area contributed by atoms with Gasteiger partial charge in [-0.05, 0) is 42.0 Å². The summed E-state index contributed by atoms with van der Waals surface area (Å²) in [5.41, 5.74) is 1.44. The van der Waals surface area contributed by atoms with Crippen LogP contribution in [0.1, 0.15) is 60.6 Å². The molecule has 2 N–H and O–H groups in total. The molecule has 3 rings (SSSR count). The monoisotopic (exact) mass is 425 g/mol. The number of anilines is 1. The maximum Gasteiger partial charge on any atom is 0.263 e. The zero-order valence-electron chi connectivity index (χ0n) is 18.5. The van der Waals surface area contributed by atoms with E-state index in [1.54, 1.807) is 38.4 Å². The molecular weight excluding hydrogens is 397 g/mol. The summed E-state index contributed by atoms with van der Waals surface area (Å²) in [6, 6.07) is 6.90. The Morgan fingerprint density at radius 2 is 1.90 bits per heavy atom. The number of carbonyl (C=O) groups is 1. The molecular formula is C23H28FN5O2. The van der Waals surface area contributed by atoms with Gasteiger partial charge in [-0.15, -0.1) is 0 Å². The van der Waals surface area contributed by atoms with Crippen LogP contribution in [0.3, 0.4) is 0 Å². The molecule has 0 saturated carbocycles. The van der Waals surface area contributed by atoms with Crippen molar-refractivity contribution < 1.29 is 9.18 Å². The third kappa shape index (κ3) is 4.42. The number of benzene rings is 1. The van der Waals surface area contributed by atoms with Crippen molar-refractivity contribution in [3.63, 3.8) is 0 Å². The second-order valence-corrected chi connectivity index (χ2v) is 7.97. The Hall–Kier alpha value is -3.29. The average Bonchev–Trinajstić information content (AvgIpc) is 2.75. The van der Waals surface area contributed by atoms with Gasteiger partial charge in [-0.2, -0.15) is 0 Å². The van der Waals surface area contributed by atoms with E-state index in [1.165, 1.54) is 10.9 Å². The molecule has 3 aromatic rings. The van der Waals surface area contributed by atoms with Crippen LogP contribution in [-0.4, -0.2) is 34.0 Å². The molecule has 0 aliphatic carbocycles. The highest BCUT2D eigenvalue weighted by atomic mass is 19.1. The summed E-state index contributed by atoms with van der Waals surface area (Å²) < 4.78 is 16.5. The van der Waals surface area contributed by atoms with Gasteiger partial charge in [-0.3, -0.25) is 9.59 Å². The minimum atomic E-state index is -0.423. The van der Waals surface area contributed by atoms with Gasteiger partial charge in [0.2, 0.25) is 0 Å². The van der Waals surface area contributed by atoms with Crippen LogP contribution in [-0.2, 0) is 7.05 Å². The summed E-state index contributed by atoms with van der Waals surface area (Å²) in [5.74, 6) is -0.201. The SMILES string of the molecule is CNc1ncnc2c(F)c(C(C)CCNC(=O)c3ccc(C(C)C)n(C)c3=O)ccc12. The van der Waals surface area contributed by atoms with E-state index in [2.05, 4.69) is 20.6 Å². The fourth-order valence-electron chi connectivity index (χ4n) is 3.75. The van der Waals surface area contributed by atoms with E-state index >= 15 is 4.39 Å². The van der Waals surface area contributed by atoms with Gasteiger partial charge in [0.15, 0.2) is 5.82 Å². The Balaban J connectivity index is 1.70. The third-order valence-corrected chi connectivity index (χ3v) is 5.58. The van der Waals surface area contributed by atoms with Crippen molar-refractivity contribution >= 4 is 22.6 Å². The molecule has 1 unspecified atom stereocenters. The number of amides is 1. The smallest absolute Gasteiger partial charge is 0.263 e. The van der Waals surface area contributed by atoms with Crippen molar-refractivity contribution in [1.82, 2.24) is 19.9 Å². The molecule has 2 heterocycles. The second kappa shape index (κ2) is 9.24. The van der Waals surface area contributed by atoms with Crippen LogP contribution < -0.4 is 16.2 Å². The molecule has 8 heteroatoms. The van der Waals surface area contributed by atoms with Gasteiger partial charge in [0.05, 0.1) is 0 Å². The van der Waals surface area contributed by atoms with Crippen molar-refractivity contribution in [2.45, 2.75) is 39.0 Å². The van der Waals surface area contributed by atoms with Crippen LogP contribution in [0.25, 0.3) is 10.9 Å². The molecule has 2 aromatic heterocycles. The topological polar surface area (TPSA) is 88.9 Å². The van der Waals surface area contributed by atoms with Gasteiger partial charge in [-0.25, -0.2) is 14.4 Å². The Labute approximate surface area is 180 Å². The lowest BCUT2D eigenvalue weighted by atomic mass is 9.95. The van der Waals surface area contributed by atoms with Crippen molar-refractivity contribution in [3.8, 4) is 0 Å². The lowest BCUT2D eigenvalue weighted by Gasteiger charge is -2.16. The minimum Gasteiger partial charge on any atom is -0.373 e. The van der Waals surface area contributed by atoms with Gasteiger partial charge >= 0.3 is 0 Å². The molecule has 1 aromatic carbocycles. The fourth-order valence-corrected chi connectivity index (χ4v) is 3.75. The Bertz CT molecular complexity index is 1170. The number of hydrogen-bond donors (Lipinski definition) is 2. The van der Waals surface area contributed by atoms with Crippen LogP contribution in [0, 0.1) is 5.82 Å². The molecule has 31 heavy (non-hydrogen) atoms. The first-order valence-electron chi connectivity index (χ1n) is 10.3. The normalized spacial score (nSPS) is 12.2. The lowest BCUT2D eigenvalue weighted by molar-refractivity contribution is 0.0950. The molecule has 7 nitrogen and oxygen atoms in total. The van der Waals surface area contributed by atoms with Crippen molar-refractivity contribution in [2.75, 3.05) is 18.9 Å². The number of aromatic nitrogens is 3. The van der Waals surface area contributed by atoms with Gasteiger partial charge in [0, 0.05) is 31.7 Å². The molecule has 0 spiro atoms. The summed E-state index contributed by atoms with van der Waals surface area (Å²) in [6.45, 7) is 6.20. The highest BCUT2D eigenvalue weighted by Crippen LogP contribution is 2.29. The van der Waals surface area contributed by atoms with Crippen LogP contribution in [0.5, 0.6) is 0 Å². The van der Waals surface area contributed by atoms with Gasteiger partial charge in [0.25, 0.3) is 11.5 Å². The largest absolute Gasteiger partial charge is 0.373 e. The molecule has 1 amide bonds. The predicted molar refractivity (Wildman–Crippen MR) is 120 cm³/mol. The van der Waals surface area contributed by atoms with Crippen LogP contribution in [0.4, 0.5) is 10.2 Å². The number of halogens is 1. The Morgan fingerprint density at radius 1 is 1.16 bits per heavy atom. The minimum absolute atomic E-state index is 0.104. The van der Waals surface area contributed by atoms with E-state index in [4.69, 9.17) is 0 Å². The number of carbonyl (C=O) groups excluding carboxylic acids is 1. The van der Waals surface area contributed by atoms with E-state index < -0.39 is 5.91 Å². The van der Waals surface area contributed by atoms with Crippen molar-refractivity contribution in [3.05, 3.63) is 63.6 Å². The number of fused-ring (bicyclic) bond motifs is 1. The number of nitrogens with one attached hydrogen (secondary N) is 2. The zero-order chi connectivity index (χ0) is 22.7. The summed E-state index contributed by atoms with van der Waals surface area (Å²) in [5, 5.41) is 6.33. The molecule has 0 fully saturated rings. The summed E-state index contributed by atoms with van der Waals surface area (Å²) >= 11 is 0. The molecule has 0 aliphatic rings. The number of pyridine rings is 1. The summed E-state index contributed by atoms with van der Waals surface area (Å²) in [6.07, 6.45) is 1.85. The maximum atomic E-state index is 15.0. The van der Waals surface area contributed by atoms with E-state index in [9.17, 15) is 9.59 Å². The van der Waals surface area contributed by atoms with E-state index in [1.807, 2.05) is 20.8 Å². The molecule has 1 atom stereocenters. The molecule has 0 bridgehead atoms. The number of hydrogen-bond acceptors (Lipinski definition) is 5. The van der Waals surface area contributed by atoms with Crippen LogP contribution in [0.15, 0.2) is 35.4 Å². The molecule has 0 saturated heterocycles. The quantitative estimate of drug-likeness (QED) is 0.604. The third-order valence-electron chi connectivity index (χ3n) is 5.58. The molecule has 0 radical (unpaired) electrons. The van der Waals surface area contributed by atoms with Crippen molar-refractivity contribution in [2.24, 2.45) is 7.05 Å². The lowest BCUT2D eigenvalue weighted by Crippen LogP contribution is -2.34. The highest BCUT2D eigenvalue weighted by molar-refractivity contribution is 5.93. The second-order valence-electron chi connectivity index (χ2n) is 7.97. The summed E-state index contributed by atoms with van der Waals surface area (Å²) in [7, 11) is 3.39. The summed E-state index contributed by atoms with van der Waals surface area (Å²) in [4.78, 5) is 33.2. The van der Waals surface area contributed by atoms with Gasteiger partial charge in [0.1, 0.15) is 23.2 Å².